The zero-order valence-corrected chi connectivity index (χ0v) is 26.2. The van der Waals surface area contributed by atoms with E-state index in [-0.39, 0.29) is 43.1 Å². The summed E-state index contributed by atoms with van der Waals surface area (Å²) in [6.45, 7) is 11.2. The Morgan fingerprint density at radius 1 is 1.14 bits per heavy atom. The second kappa shape index (κ2) is 13.2. The molecule has 44 heavy (non-hydrogen) atoms. The summed E-state index contributed by atoms with van der Waals surface area (Å²) < 4.78 is 57.2. The van der Waals surface area contributed by atoms with Gasteiger partial charge in [-0.1, -0.05) is 6.08 Å². The average molecular weight is 621 g/mol. The first-order chi connectivity index (χ1) is 20.6. The van der Waals surface area contributed by atoms with Crippen LogP contribution in [0.15, 0.2) is 30.5 Å². The molecule has 2 heterocycles. The highest BCUT2D eigenvalue weighted by molar-refractivity contribution is 5.82. The van der Waals surface area contributed by atoms with E-state index in [2.05, 4.69) is 5.32 Å². The standard InChI is InChI=1S/C32H42F2N2O8/c1-30(2,3)43-27(38)11-14-41-28-23(15-21(33)16-24(28)34)20-7-9-22(10-8-20)42-17-25-32(19-40-18-26(37)35-32)12-13-36(25)29(39)44-31(4,5)6/h7,11,14-16,22,25H,8-10,12-13,17-19H2,1-6H3,(H,35,37)/b14-11+. The number of halogens is 2. The van der Waals surface area contributed by atoms with Crippen LogP contribution in [0.3, 0.4) is 0 Å². The van der Waals surface area contributed by atoms with Gasteiger partial charge < -0.3 is 33.9 Å². The number of amides is 2. The highest BCUT2D eigenvalue weighted by Crippen LogP contribution is 2.38. The summed E-state index contributed by atoms with van der Waals surface area (Å²) in [5, 5.41) is 3.03. The number of hydrogen-bond acceptors (Lipinski definition) is 8. The van der Waals surface area contributed by atoms with Crippen molar-refractivity contribution in [2.45, 2.75) is 96.1 Å². The SMILES string of the molecule is CC(C)(C)OC(=O)/C=C/Oc1c(F)cc(F)cc1C1=CCC(OCC2N(C(=O)OC(C)(C)C)CCC23COCC(=O)N3)CC1. The Morgan fingerprint density at radius 3 is 2.50 bits per heavy atom. The minimum atomic E-state index is -0.904. The van der Waals surface area contributed by atoms with E-state index in [1.807, 2.05) is 6.08 Å². The first-order valence-electron chi connectivity index (χ1n) is 14.8. The number of hydrogen-bond donors (Lipinski definition) is 1. The van der Waals surface area contributed by atoms with E-state index in [0.29, 0.717) is 37.8 Å². The molecular formula is C32H42F2N2O8. The van der Waals surface area contributed by atoms with E-state index >= 15 is 0 Å². The number of likely N-dealkylation sites (tertiary alicyclic amines) is 1. The molecule has 0 radical (unpaired) electrons. The largest absolute Gasteiger partial charge is 0.461 e. The number of carbonyl (C=O) groups is 3. The molecule has 3 atom stereocenters. The van der Waals surface area contributed by atoms with Crippen molar-refractivity contribution in [2.24, 2.45) is 0 Å². The van der Waals surface area contributed by atoms with Gasteiger partial charge in [0, 0.05) is 18.2 Å². The molecule has 1 aromatic rings. The van der Waals surface area contributed by atoms with Crippen LogP contribution in [0, 0.1) is 11.6 Å². The number of morpholine rings is 1. The number of carbonyl (C=O) groups excluding carboxylic acids is 3. The van der Waals surface area contributed by atoms with Crippen molar-refractivity contribution in [3.8, 4) is 5.75 Å². The molecule has 3 aliphatic rings. The van der Waals surface area contributed by atoms with Gasteiger partial charge in [-0.25, -0.2) is 18.4 Å². The van der Waals surface area contributed by atoms with E-state index in [1.165, 1.54) is 6.07 Å². The molecule has 242 valence electrons. The van der Waals surface area contributed by atoms with Crippen LogP contribution >= 0.6 is 0 Å². The fourth-order valence-corrected chi connectivity index (χ4v) is 5.56. The van der Waals surface area contributed by atoms with Crippen LogP contribution in [0.5, 0.6) is 5.75 Å². The summed E-state index contributed by atoms with van der Waals surface area (Å²) in [5.41, 5.74) is -1.28. The van der Waals surface area contributed by atoms with E-state index in [0.717, 1.165) is 18.4 Å². The Kier molecular flexibility index (Phi) is 10.0. The third kappa shape index (κ3) is 8.56. The minimum Gasteiger partial charge on any atom is -0.461 e. The van der Waals surface area contributed by atoms with E-state index in [1.54, 1.807) is 46.4 Å². The smallest absolute Gasteiger partial charge is 0.410 e. The first kappa shape index (κ1) is 33.4. The molecule has 2 fully saturated rings. The molecule has 10 nitrogen and oxygen atoms in total. The minimum absolute atomic E-state index is 0.0405. The van der Waals surface area contributed by atoms with Crippen molar-refractivity contribution in [3.63, 3.8) is 0 Å². The lowest BCUT2D eigenvalue weighted by atomic mass is 9.89. The van der Waals surface area contributed by atoms with Gasteiger partial charge in [0.15, 0.2) is 11.6 Å². The predicted octanol–water partition coefficient (Wildman–Crippen LogP) is 5.05. The van der Waals surface area contributed by atoms with Gasteiger partial charge in [-0.05, 0) is 78.9 Å². The number of nitrogens with zero attached hydrogens (tertiary/aromatic N) is 1. The number of rotatable bonds is 7. The first-order valence-corrected chi connectivity index (χ1v) is 14.8. The zero-order chi connectivity index (χ0) is 32.3. The van der Waals surface area contributed by atoms with Gasteiger partial charge in [-0.2, -0.15) is 0 Å². The Morgan fingerprint density at radius 2 is 1.86 bits per heavy atom. The highest BCUT2D eigenvalue weighted by Gasteiger charge is 2.53. The lowest BCUT2D eigenvalue weighted by Gasteiger charge is -2.41. The van der Waals surface area contributed by atoms with E-state index < -0.39 is 46.5 Å². The van der Waals surface area contributed by atoms with Gasteiger partial charge in [-0.3, -0.25) is 4.79 Å². The van der Waals surface area contributed by atoms with Crippen LogP contribution in [-0.2, 0) is 28.5 Å². The molecule has 2 amide bonds. The normalized spacial score (nSPS) is 24.3. The van der Waals surface area contributed by atoms with Gasteiger partial charge in [0.25, 0.3) is 0 Å². The fraction of sp³-hybridized carbons (Fsp3) is 0.594. The molecule has 0 saturated carbocycles. The maximum absolute atomic E-state index is 14.8. The van der Waals surface area contributed by atoms with Crippen molar-refractivity contribution in [3.05, 3.63) is 47.7 Å². The zero-order valence-electron chi connectivity index (χ0n) is 26.2. The van der Waals surface area contributed by atoms with Gasteiger partial charge in [0.1, 0.15) is 23.6 Å². The van der Waals surface area contributed by atoms with Crippen LogP contribution < -0.4 is 10.1 Å². The van der Waals surface area contributed by atoms with Crippen LogP contribution in [0.4, 0.5) is 13.6 Å². The van der Waals surface area contributed by atoms with Gasteiger partial charge in [0.05, 0.1) is 43.2 Å². The monoisotopic (exact) mass is 620 g/mol. The lowest BCUT2D eigenvalue weighted by Crippen LogP contribution is -2.65. The summed E-state index contributed by atoms with van der Waals surface area (Å²) in [4.78, 5) is 38.9. The van der Waals surface area contributed by atoms with Crippen LogP contribution in [0.25, 0.3) is 5.57 Å². The highest BCUT2D eigenvalue weighted by atomic mass is 19.1. The maximum Gasteiger partial charge on any atom is 0.410 e. The summed E-state index contributed by atoms with van der Waals surface area (Å²) >= 11 is 0. The van der Waals surface area contributed by atoms with E-state index in [4.69, 9.17) is 23.7 Å². The van der Waals surface area contributed by atoms with Gasteiger partial charge in [-0.15, -0.1) is 0 Å². The van der Waals surface area contributed by atoms with Crippen molar-refractivity contribution >= 4 is 23.5 Å². The number of nitrogens with one attached hydrogen (secondary N) is 1. The van der Waals surface area contributed by atoms with Crippen LogP contribution in [0.2, 0.25) is 0 Å². The molecular weight excluding hydrogens is 578 g/mol. The van der Waals surface area contributed by atoms with Crippen molar-refractivity contribution in [1.82, 2.24) is 10.2 Å². The fourth-order valence-electron chi connectivity index (χ4n) is 5.56. The third-order valence-electron chi connectivity index (χ3n) is 7.43. The number of esters is 1. The molecule has 0 aromatic heterocycles. The van der Waals surface area contributed by atoms with Gasteiger partial charge >= 0.3 is 12.1 Å². The molecule has 1 N–H and O–H groups in total. The van der Waals surface area contributed by atoms with Crippen molar-refractivity contribution in [1.29, 1.82) is 0 Å². The summed E-state index contributed by atoms with van der Waals surface area (Å²) in [6.07, 6.45) is 5.07. The van der Waals surface area contributed by atoms with E-state index in [9.17, 15) is 23.2 Å². The van der Waals surface area contributed by atoms with Crippen LogP contribution in [-0.4, -0.2) is 78.1 Å². The molecule has 1 aromatic carbocycles. The quantitative estimate of drug-likeness (QED) is 0.256. The number of ether oxygens (including phenoxy) is 5. The van der Waals surface area contributed by atoms with Crippen molar-refractivity contribution < 1.29 is 46.8 Å². The second-order valence-corrected chi connectivity index (χ2v) is 13.3. The average Bonchev–Trinajstić information content (AvgIpc) is 3.23. The lowest BCUT2D eigenvalue weighted by molar-refractivity contribution is -0.148. The molecule has 3 unspecified atom stereocenters. The number of benzene rings is 1. The molecule has 4 rings (SSSR count). The van der Waals surface area contributed by atoms with Crippen LogP contribution in [0.1, 0.15) is 72.8 Å². The Labute approximate surface area is 256 Å². The molecule has 2 saturated heterocycles. The van der Waals surface area contributed by atoms with Gasteiger partial charge in [0.2, 0.25) is 5.91 Å². The molecule has 1 spiro atoms. The topological polar surface area (TPSA) is 113 Å². The summed E-state index contributed by atoms with van der Waals surface area (Å²) in [6, 6.07) is 1.40. The Hall–Kier alpha value is -3.51. The Balaban J connectivity index is 1.45. The molecule has 2 aliphatic heterocycles. The van der Waals surface area contributed by atoms with Crippen molar-refractivity contribution in [2.75, 3.05) is 26.4 Å². The number of allylic oxidation sites excluding steroid dienone is 1. The third-order valence-corrected chi connectivity index (χ3v) is 7.43. The second-order valence-electron chi connectivity index (χ2n) is 13.3. The Bertz CT molecular complexity index is 1320. The maximum atomic E-state index is 14.8. The molecule has 0 bridgehead atoms. The predicted molar refractivity (Wildman–Crippen MR) is 157 cm³/mol. The summed E-state index contributed by atoms with van der Waals surface area (Å²) in [5.74, 6) is -2.78. The molecule has 1 aliphatic carbocycles. The summed E-state index contributed by atoms with van der Waals surface area (Å²) in [7, 11) is 0. The molecule has 12 heteroatoms.